The Morgan fingerprint density at radius 1 is 1.10 bits per heavy atom. The van der Waals surface area contributed by atoms with E-state index in [2.05, 4.69) is 15.2 Å². The molecule has 1 aliphatic heterocycles. The number of carbonyl (C=O) groups excluding carboxylic acids is 1. The molecule has 1 fully saturated rings. The van der Waals surface area contributed by atoms with Gasteiger partial charge >= 0.3 is 0 Å². The number of amides is 1. The van der Waals surface area contributed by atoms with Crippen LogP contribution in [-0.2, 0) is 4.79 Å². The van der Waals surface area contributed by atoms with E-state index in [-0.39, 0.29) is 11.5 Å². The maximum Gasteiger partial charge on any atom is 0.278 e. The summed E-state index contributed by atoms with van der Waals surface area (Å²) in [4.78, 5) is 30.0. The molecule has 1 aliphatic rings. The van der Waals surface area contributed by atoms with E-state index >= 15 is 0 Å². The fourth-order valence-electron chi connectivity index (χ4n) is 3.73. The molecule has 7 nitrogen and oxygen atoms in total. The molecule has 0 saturated carbocycles. The summed E-state index contributed by atoms with van der Waals surface area (Å²) < 4.78 is 1.23. The number of fused-ring (bicyclic) bond motifs is 1. The van der Waals surface area contributed by atoms with Gasteiger partial charge in [-0.1, -0.05) is 41.9 Å². The highest BCUT2D eigenvalue weighted by Crippen LogP contribution is 2.22. The highest BCUT2D eigenvalue weighted by Gasteiger charge is 2.29. The molecule has 4 rings (SSSR count). The minimum atomic E-state index is -0.655. The zero-order chi connectivity index (χ0) is 20.4. The van der Waals surface area contributed by atoms with Crippen molar-refractivity contribution >= 4 is 34.1 Å². The van der Waals surface area contributed by atoms with Crippen molar-refractivity contribution in [2.75, 3.05) is 31.1 Å². The van der Waals surface area contributed by atoms with Crippen LogP contribution in [0.15, 0.2) is 53.3 Å². The second-order valence-corrected chi connectivity index (χ2v) is 7.51. The molecule has 0 unspecified atom stereocenters. The number of halogens is 1. The van der Waals surface area contributed by atoms with Crippen LogP contribution in [0, 0.1) is 0 Å². The van der Waals surface area contributed by atoms with Gasteiger partial charge in [-0.25, -0.2) is 0 Å². The van der Waals surface area contributed by atoms with Crippen LogP contribution in [-0.4, -0.2) is 52.0 Å². The molecule has 0 bridgehead atoms. The number of rotatable bonds is 4. The summed E-state index contributed by atoms with van der Waals surface area (Å²) >= 11 is 6.09. The molecular weight excluding hydrogens is 390 g/mol. The summed E-state index contributed by atoms with van der Waals surface area (Å²) in [6, 6.07) is 14.1. The highest BCUT2D eigenvalue weighted by atomic mass is 35.5. The standard InChI is InChI=1S/C21H22ClN5O2/c1-2-19(27-20(28)17-8-3-4-9-18(17)23-24-27)21(29)26-12-10-25(11-13-26)16-7-5-6-15(22)14-16/h3-9,14,19H,2,10-13H2,1H3/t19-/m1/s1. The van der Waals surface area contributed by atoms with Crippen LogP contribution in [0.5, 0.6) is 0 Å². The Morgan fingerprint density at radius 2 is 1.86 bits per heavy atom. The SMILES string of the molecule is CC[C@H](C(=O)N1CCN(c2cccc(Cl)c2)CC1)n1nnc2ccccc2c1=O. The first kappa shape index (κ1) is 19.4. The molecule has 2 heterocycles. The van der Waals surface area contributed by atoms with Crippen molar-refractivity contribution in [2.24, 2.45) is 0 Å². The Balaban J connectivity index is 1.52. The van der Waals surface area contributed by atoms with Crippen molar-refractivity contribution in [3.05, 3.63) is 63.9 Å². The first-order valence-electron chi connectivity index (χ1n) is 9.72. The molecule has 1 saturated heterocycles. The normalized spacial score (nSPS) is 15.5. The second-order valence-electron chi connectivity index (χ2n) is 7.07. The molecule has 3 aromatic rings. The van der Waals surface area contributed by atoms with Gasteiger partial charge in [0.2, 0.25) is 5.91 Å². The maximum absolute atomic E-state index is 13.2. The smallest absolute Gasteiger partial charge is 0.278 e. The summed E-state index contributed by atoms with van der Waals surface area (Å²) in [5, 5.41) is 9.33. The fraction of sp³-hybridized carbons (Fsp3) is 0.333. The summed E-state index contributed by atoms with van der Waals surface area (Å²) in [7, 11) is 0. The molecule has 8 heteroatoms. The van der Waals surface area contributed by atoms with Crippen LogP contribution < -0.4 is 10.5 Å². The van der Waals surface area contributed by atoms with E-state index in [0.29, 0.717) is 48.5 Å². The molecule has 29 heavy (non-hydrogen) atoms. The van der Waals surface area contributed by atoms with Crippen LogP contribution in [0.2, 0.25) is 5.02 Å². The maximum atomic E-state index is 13.2. The van der Waals surface area contributed by atoms with E-state index in [1.54, 1.807) is 23.1 Å². The summed E-state index contributed by atoms with van der Waals surface area (Å²) in [6.07, 6.45) is 0.472. The average molecular weight is 412 g/mol. The number of hydrogen-bond donors (Lipinski definition) is 0. The van der Waals surface area contributed by atoms with Gasteiger partial charge in [0.1, 0.15) is 11.6 Å². The highest BCUT2D eigenvalue weighted by molar-refractivity contribution is 6.30. The molecule has 150 valence electrons. The molecule has 0 spiro atoms. The van der Waals surface area contributed by atoms with Crippen molar-refractivity contribution in [2.45, 2.75) is 19.4 Å². The number of benzene rings is 2. The van der Waals surface area contributed by atoms with E-state index in [0.717, 1.165) is 5.69 Å². The number of carbonyl (C=O) groups is 1. The number of piperazine rings is 1. The molecule has 0 aliphatic carbocycles. The van der Waals surface area contributed by atoms with Gasteiger partial charge in [0.25, 0.3) is 5.56 Å². The van der Waals surface area contributed by atoms with Gasteiger partial charge in [0, 0.05) is 36.9 Å². The lowest BCUT2D eigenvalue weighted by Crippen LogP contribution is -2.51. The van der Waals surface area contributed by atoms with Gasteiger partial charge in [-0.15, -0.1) is 5.10 Å². The van der Waals surface area contributed by atoms with Crippen molar-refractivity contribution in [3.8, 4) is 0 Å². The number of aromatic nitrogens is 3. The van der Waals surface area contributed by atoms with Crippen molar-refractivity contribution in [1.82, 2.24) is 19.9 Å². The third-order valence-corrected chi connectivity index (χ3v) is 5.56. The fourth-order valence-corrected chi connectivity index (χ4v) is 3.91. The van der Waals surface area contributed by atoms with Crippen molar-refractivity contribution in [3.63, 3.8) is 0 Å². The Hall–Kier alpha value is -2.93. The third-order valence-electron chi connectivity index (χ3n) is 5.32. The number of nitrogens with zero attached hydrogens (tertiary/aromatic N) is 5. The predicted octanol–water partition coefficient (Wildman–Crippen LogP) is 2.74. The molecule has 0 N–H and O–H groups in total. The molecular formula is C21H22ClN5O2. The summed E-state index contributed by atoms with van der Waals surface area (Å²) in [5.74, 6) is -0.0927. The lowest BCUT2D eigenvalue weighted by Gasteiger charge is -2.37. The van der Waals surface area contributed by atoms with Gasteiger partial charge in [-0.2, -0.15) is 4.68 Å². The topological polar surface area (TPSA) is 71.3 Å². The first-order chi connectivity index (χ1) is 14.1. The molecule has 2 aromatic carbocycles. The van der Waals surface area contributed by atoms with E-state index < -0.39 is 6.04 Å². The van der Waals surface area contributed by atoms with E-state index in [4.69, 9.17) is 11.6 Å². The molecule has 1 atom stereocenters. The Labute approximate surface area is 173 Å². The Kier molecular flexibility index (Phi) is 5.49. The molecule has 0 radical (unpaired) electrons. The summed E-state index contributed by atoms with van der Waals surface area (Å²) in [6.45, 7) is 4.46. The van der Waals surface area contributed by atoms with Gasteiger partial charge in [0.15, 0.2) is 0 Å². The van der Waals surface area contributed by atoms with E-state index in [1.165, 1.54) is 4.68 Å². The first-order valence-corrected chi connectivity index (χ1v) is 10.1. The third kappa shape index (κ3) is 3.82. The summed E-state index contributed by atoms with van der Waals surface area (Å²) in [5.41, 5.74) is 1.30. The Morgan fingerprint density at radius 3 is 2.59 bits per heavy atom. The van der Waals surface area contributed by atoms with Gasteiger partial charge in [0.05, 0.1) is 5.39 Å². The van der Waals surface area contributed by atoms with Crippen molar-refractivity contribution < 1.29 is 4.79 Å². The number of anilines is 1. The van der Waals surface area contributed by atoms with Gasteiger partial charge in [-0.05, 0) is 36.8 Å². The van der Waals surface area contributed by atoms with E-state index in [1.807, 2.05) is 37.3 Å². The van der Waals surface area contributed by atoms with Crippen LogP contribution in [0.25, 0.3) is 10.9 Å². The van der Waals surface area contributed by atoms with Crippen LogP contribution in [0.1, 0.15) is 19.4 Å². The monoisotopic (exact) mass is 411 g/mol. The lowest BCUT2D eigenvalue weighted by atomic mass is 10.1. The van der Waals surface area contributed by atoms with Crippen LogP contribution in [0.3, 0.4) is 0 Å². The average Bonchev–Trinajstić information content (AvgIpc) is 2.76. The van der Waals surface area contributed by atoms with Crippen LogP contribution in [0.4, 0.5) is 5.69 Å². The molecule has 1 aromatic heterocycles. The van der Waals surface area contributed by atoms with E-state index in [9.17, 15) is 9.59 Å². The van der Waals surface area contributed by atoms with Gasteiger partial charge < -0.3 is 9.80 Å². The second kappa shape index (κ2) is 8.21. The minimum absolute atomic E-state index is 0.0927. The van der Waals surface area contributed by atoms with Gasteiger partial charge in [-0.3, -0.25) is 9.59 Å². The van der Waals surface area contributed by atoms with Crippen molar-refractivity contribution in [1.29, 1.82) is 0 Å². The predicted molar refractivity (Wildman–Crippen MR) is 113 cm³/mol. The quantitative estimate of drug-likeness (QED) is 0.660. The minimum Gasteiger partial charge on any atom is -0.368 e. The Bertz CT molecular complexity index is 1090. The lowest BCUT2D eigenvalue weighted by molar-refractivity contribution is -0.135. The zero-order valence-electron chi connectivity index (χ0n) is 16.2. The largest absolute Gasteiger partial charge is 0.368 e. The van der Waals surface area contributed by atoms with Crippen LogP contribution >= 0.6 is 11.6 Å². The molecule has 1 amide bonds. The zero-order valence-corrected chi connectivity index (χ0v) is 16.9. The number of hydrogen-bond acceptors (Lipinski definition) is 5.